The van der Waals surface area contributed by atoms with E-state index in [4.69, 9.17) is 4.74 Å². The molecule has 90 valence electrons. The Bertz CT molecular complexity index is 466. The molecule has 0 aromatic carbocycles. The average molecular weight is 232 g/mol. The first-order valence-electron chi connectivity index (χ1n) is 6.52. The van der Waals surface area contributed by atoms with Crippen LogP contribution in [0.3, 0.4) is 0 Å². The molecule has 3 aliphatic carbocycles. The molecule has 17 heavy (non-hydrogen) atoms. The molecule has 5 atom stereocenters. The summed E-state index contributed by atoms with van der Waals surface area (Å²) in [6.07, 6.45) is 6.77. The summed E-state index contributed by atoms with van der Waals surface area (Å²) < 4.78 is 5.63. The van der Waals surface area contributed by atoms with E-state index in [-0.39, 0.29) is 23.4 Å². The van der Waals surface area contributed by atoms with Crippen molar-refractivity contribution in [3.63, 3.8) is 0 Å². The predicted octanol–water partition coefficient (Wildman–Crippen LogP) is 1.86. The summed E-state index contributed by atoms with van der Waals surface area (Å²) in [4.78, 5) is 24.5. The summed E-state index contributed by atoms with van der Waals surface area (Å²) in [5.41, 5.74) is -0.567. The number of carbonyl (C=O) groups is 2. The molecule has 0 N–H and O–H groups in total. The maximum Gasteiger partial charge on any atom is 0.147 e. The lowest BCUT2D eigenvalue weighted by Crippen LogP contribution is -2.45. The molecule has 0 saturated heterocycles. The molecular formula is C14H16O3. The first kappa shape index (κ1) is 9.86. The molecule has 3 saturated carbocycles. The first-order chi connectivity index (χ1) is 8.13. The molecule has 3 nitrogen and oxygen atoms in total. The number of hydrogen-bond acceptors (Lipinski definition) is 3. The summed E-state index contributed by atoms with van der Waals surface area (Å²) in [6.45, 7) is 2.03. The second-order valence-corrected chi connectivity index (χ2v) is 6.09. The number of ketones is 2. The molecule has 1 aliphatic heterocycles. The monoisotopic (exact) mass is 232 g/mol. The second-order valence-electron chi connectivity index (χ2n) is 6.09. The van der Waals surface area contributed by atoms with Crippen LogP contribution in [0.15, 0.2) is 12.3 Å². The Labute approximate surface area is 100 Å². The third-order valence-corrected chi connectivity index (χ3v) is 6.00. The Morgan fingerprint density at radius 2 is 2.18 bits per heavy atom. The van der Waals surface area contributed by atoms with Gasteiger partial charge in [-0.1, -0.05) is 6.92 Å². The Balaban J connectivity index is 1.97. The number of hydrogen-bond donors (Lipinski definition) is 0. The van der Waals surface area contributed by atoms with Crippen LogP contribution in [0.4, 0.5) is 0 Å². The van der Waals surface area contributed by atoms with Crippen molar-refractivity contribution in [1.29, 1.82) is 0 Å². The zero-order chi connectivity index (χ0) is 11.8. The summed E-state index contributed by atoms with van der Waals surface area (Å²) in [6, 6.07) is 0. The van der Waals surface area contributed by atoms with Crippen LogP contribution >= 0.6 is 0 Å². The lowest BCUT2D eigenvalue weighted by molar-refractivity contribution is -0.132. The molecule has 3 fully saturated rings. The van der Waals surface area contributed by atoms with Gasteiger partial charge in [-0.05, 0) is 24.8 Å². The molecule has 0 aromatic heterocycles. The fraction of sp³-hybridized carbons (Fsp3) is 0.714. The maximum absolute atomic E-state index is 12.5. The minimum absolute atomic E-state index is 0.00773. The van der Waals surface area contributed by atoms with Crippen molar-refractivity contribution in [2.75, 3.05) is 0 Å². The Morgan fingerprint density at radius 1 is 1.35 bits per heavy atom. The van der Waals surface area contributed by atoms with Crippen LogP contribution in [0.25, 0.3) is 0 Å². The van der Waals surface area contributed by atoms with Crippen LogP contribution in [0.1, 0.15) is 32.6 Å². The zero-order valence-corrected chi connectivity index (χ0v) is 9.94. The van der Waals surface area contributed by atoms with Crippen molar-refractivity contribution in [3.05, 3.63) is 12.3 Å². The average Bonchev–Trinajstić information content (AvgIpc) is 2.93. The highest BCUT2D eigenvalue weighted by Crippen LogP contribution is 2.73. The van der Waals surface area contributed by atoms with Gasteiger partial charge < -0.3 is 4.74 Å². The molecule has 1 heterocycles. The van der Waals surface area contributed by atoms with Crippen LogP contribution in [-0.2, 0) is 14.3 Å². The fourth-order valence-electron chi connectivity index (χ4n) is 5.32. The number of rotatable bonds is 0. The maximum atomic E-state index is 12.5. The number of carbonyl (C=O) groups excluding carboxylic acids is 2. The van der Waals surface area contributed by atoms with Gasteiger partial charge in [-0.25, -0.2) is 0 Å². The van der Waals surface area contributed by atoms with Gasteiger partial charge >= 0.3 is 0 Å². The Hall–Kier alpha value is -1.12. The van der Waals surface area contributed by atoms with E-state index in [9.17, 15) is 9.59 Å². The van der Waals surface area contributed by atoms with Gasteiger partial charge in [0.25, 0.3) is 0 Å². The largest absolute Gasteiger partial charge is 0.497 e. The van der Waals surface area contributed by atoms with Crippen molar-refractivity contribution in [1.82, 2.24) is 0 Å². The quantitative estimate of drug-likeness (QED) is 0.640. The van der Waals surface area contributed by atoms with Gasteiger partial charge in [0.1, 0.15) is 17.7 Å². The SMILES string of the molecule is C[C@@H]1C(=O)C[C@H]2CC(=O)[C@]34C=CO[C@H]3CC[C@@]214. The predicted molar refractivity (Wildman–Crippen MR) is 60.0 cm³/mol. The number of Topliss-reactive ketones (excluding diaryl/α,β-unsaturated/α-hetero) is 2. The highest BCUT2D eigenvalue weighted by atomic mass is 16.5. The van der Waals surface area contributed by atoms with Gasteiger partial charge in [0.05, 0.1) is 11.7 Å². The Morgan fingerprint density at radius 3 is 3.00 bits per heavy atom. The van der Waals surface area contributed by atoms with E-state index in [1.165, 1.54) is 0 Å². The molecule has 0 unspecified atom stereocenters. The van der Waals surface area contributed by atoms with Crippen molar-refractivity contribution >= 4 is 11.6 Å². The van der Waals surface area contributed by atoms with E-state index >= 15 is 0 Å². The van der Waals surface area contributed by atoms with Crippen LogP contribution < -0.4 is 0 Å². The van der Waals surface area contributed by atoms with Gasteiger partial charge in [-0.2, -0.15) is 0 Å². The molecule has 0 amide bonds. The summed E-state index contributed by atoms with van der Waals surface area (Å²) in [7, 11) is 0. The van der Waals surface area contributed by atoms with Crippen LogP contribution in [-0.4, -0.2) is 17.7 Å². The van der Waals surface area contributed by atoms with Crippen LogP contribution in [0.5, 0.6) is 0 Å². The topological polar surface area (TPSA) is 43.4 Å². The van der Waals surface area contributed by atoms with Crippen molar-refractivity contribution in [2.24, 2.45) is 22.7 Å². The van der Waals surface area contributed by atoms with Gasteiger partial charge in [-0.15, -0.1) is 0 Å². The normalized spacial score (nSPS) is 54.8. The minimum Gasteiger partial charge on any atom is -0.497 e. The molecule has 2 spiro atoms. The van der Waals surface area contributed by atoms with E-state index in [0.717, 1.165) is 12.8 Å². The zero-order valence-electron chi connectivity index (χ0n) is 9.94. The number of ether oxygens (including phenoxy) is 1. The highest BCUT2D eigenvalue weighted by Gasteiger charge is 2.76. The van der Waals surface area contributed by atoms with Gasteiger partial charge in [-0.3, -0.25) is 9.59 Å². The van der Waals surface area contributed by atoms with E-state index in [2.05, 4.69) is 0 Å². The van der Waals surface area contributed by atoms with E-state index in [1.807, 2.05) is 13.0 Å². The molecule has 0 bridgehead atoms. The summed E-state index contributed by atoms with van der Waals surface area (Å²) >= 11 is 0. The van der Waals surface area contributed by atoms with Gasteiger partial charge in [0.2, 0.25) is 0 Å². The lowest BCUT2D eigenvalue weighted by Gasteiger charge is -2.39. The van der Waals surface area contributed by atoms with Crippen molar-refractivity contribution in [3.8, 4) is 0 Å². The molecule has 4 aliphatic rings. The molecule has 3 heteroatoms. The van der Waals surface area contributed by atoms with Gasteiger partial charge in [0, 0.05) is 24.2 Å². The van der Waals surface area contributed by atoms with Gasteiger partial charge in [0.15, 0.2) is 0 Å². The molecular weight excluding hydrogens is 216 g/mol. The van der Waals surface area contributed by atoms with E-state index in [1.54, 1.807) is 6.26 Å². The lowest BCUT2D eigenvalue weighted by atomic mass is 9.61. The van der Waals surface area contributed by atoms with E-state index in [0.29, 0.717) is 24.4 Å². The van der Waals surface area contributed by atoms with Crippen molar-refractivity contribution < 1.29 is 14.3 Å². The summed E-state index contributed by atoms with van der Waals surface area (Å²) in [5, 5.41) is 0. The van der Waals surface area contributed by atoms with Crippen LogP contribution in [0.2, 0.25) is 0 Å². The van der Waals surface area contributed by atoms with E-state index < -0.39 is 5.41 Å². The first-order valence-corrected chi connectivity index (χ1v) is 6.52. The third-order valence-electron chi connectivity index (χ3n) is 6.00. The second kappa shape index (κ2) is 2.65. The summed E-state index contributed by atoms with van der Waals surface area (Å²) in [5.74, 6) is 0.963. The third kappa shape index (κ3) is 0.763. The highest BCUT2D eigenvalue weighted by molar-refractivity contribution is 5.97. The smallest absolute Gasteiger partial charge is 0.147 e. The minimum atomic E-state index is -0.455. The molecule has 4 rings (SSSR count). The van der Waals surface area contributed by atoms with Crippen LogP contribution in [0, 0.1) is 22.7 Å². The fourth-order valence-corrected chi connectivity index (χ4v) is 5.32. The molecule has 0 aromatic rings. The standard InChI is InChI=1S/C14H16O3/c1-8-10(15)6-9-7-11(16)14-4-5-17-12(14)2-3-13(8,9)14/h4-5,8-9,12H,2-3,6-7H2,1H3/t8-,9+,12+,13+,14-/m1/s1. The Kier molecular flexibility index (Phi) is 1.54. The van der Waals surface area contributed by atoms with Crippen molar-refractivity contribution in [2.45, 2.75) is 38.7 Å². The molecule has 0 radical (unpaired) electrons.